The number of unbranched alkanes of at least 4 members (excludes halogenated alkanes) is 23. The molecule has 0 rings (SSSR count). The highest BCUT2D eigenvalue weighted by Crippen LogP contribution is 2.16. The van der Waals surface area contributed by atoms with Gasteiger partial charge in [0.05, 0.1) is 0 Å². The number of hydrogen-bond acceptors (Lipinski definition) is 6. The van der Waals surface area contributed by atoms with Crippen molar-refractivity contribution in [1.29, 1.82) is 0 Å². The highest BCUT2D eigenvalue weighted by Gasteiger charge is 2.19. The Balaban J connectivity index is 4.36. The molecule has 0 saturated carbocycles. The average molecular weight is 681 g/mol. The zero-order chi connectivity index (χ0) is 35.3. The van der Waals surface area contributed by atoms with Gasteiger partial charge in [-0.2, -0.15) is 0 Å². The molecule has 0 aromatic carbocycles. The maximum absolute atomic E-state index is 12.6. The van der Waals surface area contributed by atoms with Crippen LogP contribution in [0.4, 0.5) is 0 Å². The van der Waals surface area contributed by atoms with Crippen molar-refractivity contribution in [3.05, 3.63) is 0 Å². The van der Waals surface area contributed by atoms with Gasteiger partial charge >= 0.3 is 17.9 Å². The van der Waals surface area contributed by atoms with Crippen LogP contribution in [0.25, 0.3) is 0 Å². The van der Waals surface area contributed by atoms with Gasteiger partial charge in [-0.25, -0.2) is 0 Å². The number of esters is 3. The second-order valence-electron chi connectivity index (χ2n) is 14.5. The molecule has 0 radical (unpaired) electrons. The predicted octanol–water partition coefficient (Wildman–Crippen LogP) is 12.8. The summed E-state index contributed by atoms with van der Waals surface area (Å²) in [6.07, 6.45) is 33.7. The molecule has 0 N–H and O–H groups in total. The zero-order valence-corrected chi connectivity index (χ0v) is 32.4. The van der Waals surface area contributed by atoms with Crippen molar-refractivity contribution in [2.24, 2.45) is 5.92 Å². The van der Waals surface area contributed by atoms with Crippen molar-refractivity contribution in [2.75, 3.05) is 13.2 Å². The molecule has 6 heteroatoms. The van der Waals surface area contributed by atoms with Gasteiger partial charge in [0.2, 0.25) is 0 Å². The van der Waals surface area contributed by atoms with E-state index in [1.807, 2.05) is 0 Å². The highest BCUT2D eigenvalue weighted by atomic mass is 16.6. The molecule has 0 spiro atoms. The Hall–Kier alpha value is -1.59. The molecule has 0 bridgehead atoms. The Bertz CT molecular complexity index is 723. The minimum atomic E-state index is -0.758. The summed E-state index contributed by atoms with van der Waals surface area (Å²) in [5.41, 5.74) is 0. The second-order valence-corrected chi connectivity index (χ2v) is 14.5. The van der Waals surface area contributed by atoms with Crippen LogP contribution < -0.4 is 0 Å². The van der Waals surface area contributed by atoms with Crippen LogP contribution in [0.5, 0.6) is 0 Å². The normalized spacial score (nSPS) is 12.5. The first-order valence-corrected chi connectivity index (χ1v) is 20.9. The van der Waals surface area contributed by atoms with Crippen molar-refractivity contribution in [2.45, 2.75) is 233 Å². The number of carbonyl (C=O) groups excluding carboxylic acids is 3. The molecule has 2 atom stereocenters. The molecule has 0 aromatic heterocycles. The maximum atomic E-state index is 12.6. The molecule has 1 unspecified atom stereocenters. The molecule has 0 aliphatic heterocycles. The quantitative estimate of drug-likeness (QED) is 0.0369. The van der Waals surface area contributed by atoms with E-state index in [0.29, 0.717) is 19.3 Å². The van der Waals surface area contributed by atoms with Crippen LogP contribution >= 0.6 is 0 Å². The number of rotatable bonds is 37. The van der Waals surface area contributed by atoms with Crippen LogP contribution in [0.1, 0.15) is 227 Å². The molecule has 0 fully saturated rings. The Morgan fingerprint density at radius 3 is 1.08 bits per heavy atom. The molecular formula is C42H80O6. The Kier molecular flexibility index (Phi) is 35.5. The van der Waals surface area contributed by atoms with Gasteiger partial charge in [0.15, 0.2) is 6.10 Å². The molecule has 0 aliphatic rings. The summed E-state index contributed by atoms with van der Waals surface area (Å²) in [4.78, 5) is 37.5. The molecule has 284 valence electrons. The van der Waals surface area contributed by atoms with Crippen LogP contribution in [-0.4, -0.2) is 37.2 Å². The highest BCUT2D eigenvalue weighted by molar-refractivity contribution is 5.71. The summed E-state index contributed by atoms with van der Waals surface area (Å²) < 4.78 is 16.6. The lowest BCUT2D eigenvalue weighted by Crippen LogP contribution is -2.30. The van der Waals surface area contributed by atoms with E-state index in [1.165, 1.54) is 122 Å². The van der Waals surface area contributed by atoms with Crippen molar-refractivity contribution < 1.29 is 28.6 Å². The van der Waals surface area contributed by atoms with Crippen LogP contribution in [0, 0.1) is 5.92 Å². The first-order chi connectivity index (χ1) is 23.4. The largest absolute Gasteiger partial charge is 0.462 e. The lowest BCUT2D eigenvalue weighted by Gasteiger charge is -2.18. The lowest BCUT2D eigenvalue weighted by molar-refractivity contribution is -0.167. The monoisotopic (exact) mass is 681 g/mol. The molecule has 0 aromatic rings. The molecule has 48 heavy (non-hydrogen) atoms. The summed E-state index contributed by atoms with van der Waals surface area (Å²) in [7, 11) is 0. The standard InChI is InChI=1S/C42H80O6/c1-5-8-10-12-14-16-17-19-21-27-31-35-42(45)48-39(36-46-40(43)33-29-25-20-18-15-13-11-9-6-2)37-47-41(44)34-30-26-23-22-24-28-32-38(4)7-3/h38-39H,5-37H2,1-4H3/t38?,39-/m1/s1. The number of hydrogen-bond donors (Lipinski definition) is 0. The third-order valence-electron chi connectivity index (χ3n) is 9.65. The van der Waals surface area contributed by atoms with E-state index in [9.17, 15) is 14.4 Å². The summed E-state index contributed by atoms with van der Waals surface area (Å²) in [5.74, 6) is -0.0510. The number of ether oxygens (including phenoxy) is 3. The molecule has 0 amide bonds. The maximum Gasteiger partial charge on any atom is 0.306 e. The smallest absolute Gasteiger partial charge is 0.306 e. The zero-order valence-electron chi connectivity index (χ0n) is 32.4. The Morgan fingerprint density at radius 2 is 0.729 bits per heavy atom. The molecular weight excluding hydrogens is 600 g/mol. The molecule has 6 nitrogen and oxygen atoms in total. The van der Waals surface area contributed by atoms with Gasteiger partial charge in [0, 0.05) is 19.3 Å². The van der Waals surface area contributed by atoms with Crippen LogP contribution in [0.3, 0.4) is 0 Å². The minimum Gasteiger partial charge on any atom is -0.462 e. The second kappa shape index (κ2) is 36.7. The fourth-order valence-corrected chi connectivity index (χ4v) is 6.06. The fourth-order valence-electron chi connectivity index (χ4n) is 6.06. The summed E-state index contributed by atoms with van der Waals surface area (Å²) in [6, 6.07) is 0. The first kappa shape index (κ1) is 46.4. The SMILES string of the molecule is CCCCCCCCCCCCCC(=O)O[C@H](COC(=O)CCCCCCCCCCC)COC(=O)CCCCCCCCC(C)CC. The van der Waals surface area contributed by atoms with Crippen molar-refractivity contribution in [3.8, 4) is 0 Å². The number of carbonyl (C=O) groups is 3. The Morgan fingerprint density at radius 1 is 0.417 bits per heavy atom. The summed E-state index contributed by atoms with van der Waals surface area (Å²) in [6.45, 7) is 8.92. The lowest BCUT2D eigenvalue weighted by atomic mass is 10.00. The van der Waals surface area contributed by atoms with Gasteiger partial charge in [0.1, 0.15) is 13.2 Å². The fraction of sp³-hybridized carbons (Fsp3) is 0.929. The first-order valence-electron chi connectivity index (χ1n) is 20.9. The van der Waals surface area contributed by atoms with E-state index in [4.69, 9.17) is 14.2 Å². The van der Waals surface area contributed by atoms with E-state index in [2.05, 4.69) is 27.7 Å². The van der Waals surface area contributed by atoms with E-state index >= 15 is 0 Å². The van der Waals surface area contributed by atoms with Crippen LogP contribution in [-0.2, 0) is 28.6 Å². The van der Waals surface area contributed by atoms with Gasteiger partial charge in [0.25, 0.3) is 0 Å². The van der Waals surface area contributed by atoms with Gasteiger partial charge in [-0.15, -0.1) is 0 Å². The van der Waals surface area contributed by atoms with Gasteiger partial charge in [-0.1, -0.05) is 188 Å². The van der Waals surface area contributed by atoms with Crippen molar-refractivity contribution in [1.82, 2.24) is 0 Å². The van der Waals surface area contributed by atoms with E-state index in [0.717, 1.165) is 63.7 Å². The Labute approximate surface area is 298 Å². The van der Waals surface area contributed by atoms with E-state index in [1.54, 1.807) is 0 Å². The van der Waals surface area contributed by atoms with E-state index < -0.39 is 6.10 Å². The molecule has 0 aliphatic carbocycles. The summed E-state index contributed by atoms with van der Waals surface area (Å²) >= 11 is 0. The third-order valence-corrected chi connectivity index (χ3v) is 9.65. The average Bonchev–Trinajstić information content (AvgIpc) is 3.08. The molecule has 0 heterocycles. The van der Waals surface area contributed by atoms with Crippen LogP contribution in [0.15, 0.2) is 0 Å². The minimum absolute atomic E-state index is 0.0653. The van der Waals surface area contributed by atoms with E-state index in [-0.39, 0.29) is 31.1 Å². The van der Waals surface area contributed by atoms with Crippen molar-refractivity contribution >= 4 is 17.9 Å². The van der Waals surface area contributed by atoms with Gasteiger partial charge in [-0.3, -0.25) is 14.4 Å². The molecule has 0 saturated heterocycles. The van der Waals surface area contributed by atoms with Crippen LogP contribution in [0.2, 0.25) is 0 Å². The topological polar surface area (TPSA) is 78.9 Å². The third kappa shape index (κ3) is 34.3. The predicted molar refractivity (Wildman–Crippen MR) is 201 cm³/mol. The van der Waals surface area contributed by atoms with Crippen molar-refractivity contribution in [3.63, 3.8) is 0 Å². The summed E-state index contributed by atoms with van der Waals surface area (Å²) in [5, 5.41) is 0. The van der Waals surface area contributed by atoms with Gasteiger partial charge in [-0.05, 0) is 25.2 Å². The van der Waals surface area contributed by atoms with Gasteiger partial charge < -0.3 is 14.2 Å².